The van der Waals surface area contributed by atoms with Gasteiger partial charge in [-0.15, -0.1) is 5.10 Å². The minimum absolute atomic E-state index is 0.0322. The molecule has 1 aromatic heterocycles. The minimum Gasteiger partial charge on any atom is -0.488 e. The maximum Gasteiger partial charge on any atom is 0.275 e. The van der Waals surface area contributed by atoms with Crippen LogP contribution in [-0.4, -0.2) is 45.5 Å². The van der Waals surface area contributed by atoms with Gasteiger partial charge in [-0.1, -0.05) is 65.9 Å². The van der Waals surface area contributed by atoms with E-state index in [4.69, 9.17) is 4.74 Å². The highest BCUT2D eigenvalue weighted by molar-refractivity contribution is 5.91. The van der Waals surface area contributed by atoms with Crippen molar-refractivity contribution in [1.29, 1.82) is 0 Å². The molecule has 2 aromatic carbocycles. The largest absolute Gasteiger partial charge is 0.488 e. The summed E-state index contributed by atoms with van der Waals surface area (Å²) in [5, 5.41) is 8.08. The van der Waals surface area contributed by atoms with Gasteiger partial charge in [0, 0.05) is 13.5 Å². The van der Waals surface area contributed by atoms with Crippen LogP contribution in [0, 0.1) is 0 Å². The van der Waals surface area contributed by atoms with Crippen LogP contribution in [0.5, 0.6) is 5.75 Å². The van der Waals surface area contributed by atoms with Crippen LogP contribution in [0.25, 0.3) is 6.08 Å². The van der Waals surface area contributed by atoms with E-state index in [1.165, 1.54) is 5.56 Å². The lowest BCUT2D eigenvalue weighted by Crippen LogP contribution is -2.36. The second-order valence-electron chi connectivity index (χ2n) is 6.88. The molecule has 0 N–H and O–H groups in total. The number of para-hydroxylation sites is 1. The normalized spacial score (nSPS) is 15.4. The van der Waals surface area contributed by atoms with Crippen molar-refractivity contribution in [1.82, 2.24) is 19.9 Å². The molecule has 2 heterocycles. The van der Waals surface area contributed by atoms with Crippen LogP contribution in [0.15, 0.2) is 66.9 Å². The molecule has 0 spiro atoms. The van der Waals surface area contributed by atoms with Crippen molar-refractivity contribution in [3.05, 3.63) is 83.7 Å². The van der Waals surface area contributed by atoms with Crippen LogP contribution in [-0.2, 0) is 13.0 Å². The highest BCUT2D eigenvalue weighted by Crippen LogP contribution is 2.28. The second kappa shape index (κ2) is 8.08. The first-order chi connectivity index (χ1) is 13.7. The van der Waals surface area contributed by atoms with E-state index < -0.39 is 0 Å². The molecule has 6 nitrogen and oxygen atoms in total. The van der Waals surface area contributed by atoms with Gasteiger partial charge in [0.25, 0.3) is 5.91 Å². The predicted molar refractivity (Wildman–Crippen MR) is 107 cm³/mol. The van der Waals surface area contributed by atoms with Crippen molar-refractivity contribution in [2.75, 3.05) is 13.6 Å². The van der Waals surface area contributed by atoms with E-state index in [9.17, 15) is 4.79 Å². The fraction of sp³-hybridized carbons (Fsp3) is 0.227. The lowest BCUT2D eigenvalue weighted by atomic mass is 10.1. The number of benzene rings is 2. The van der Waals surface area contributed by atoms with E-state index in [0.29, 0.717) is 18.8 Å². The summed E-state index contributed by atoms with van der Waals surface area (Å²) >= 11 is 0. The average Bonchev–Trinajstić information content (AvgIpc) is 3.34. The number of fused-ring (bicyclic) bond motifs is 1. The van der Waals surface area contributed by atoms with Crippen molar-refractivity contribution >= 4 is 12.0 Å². The maximum absolute atomic E-state index is 12.7. The summed E-state index contributed by atoms with van der Waals surface area (Å²) in [6.45, 7) is 1.06. The number of allylic oxidation sites excluding steroid dienone is 1. The number of likely N-dealkylation sites (N-methyl/N-ethyl adjacent to an activating group) is 1. The first-order valence-electron chi connectivity index (χ1n) is 9.31. The van der Waals surface area contributed by atoms with Crippen molar-refractivity contribution in [2.45, 2.75) is 19.1 Å². The summed E-state index contributed by atoms with van der Waals surface area (Å²) in [4.78, 5) is 14.3. The number of nitrogens with zero attached hydrogens (tertiary/aromatic N) is 4. The van der Waals surface area contributed by atoms with E-state index in [2.05, 4.69) is 16.4 Å². The van der Waals surface area contributed by atoms with Crippen LogP contribution >= 0.6 is 0 Å². The molecule has 0 saturated carbocycles. The molecule has 1 amide bonds. The van der Waals surface area contributed by atoms with Crippen LogP contribution in [0.1, 0.15) is 21.6 Å². The van der Waals surface area contributed by atoms with Crippen LogP contribution < -0.4 is 4.74 Å². The SMILES string of the molecule is CN(C[C@H]1Cc2ccccc2O1)C(=O)c1cn(C/C=C/c2ccccc2)nn1. The summed E-state index contributed by atoms with van der Waals surface area (Å²) in [5.74, 6) is 0.752. The number of hydrogen-bond acceptors (Lipinski definition) is 4. The number of ether oxygens (including phenoxy) is 1. The fourth-order valence-corrected chi connectivity index (χ4v) is 3.29. The summed E-state index contributed by atoms with van der Waals surface area (Å²) in [6.07, 6.45) is 6.47. The molecule has 0 saturated heterocycles. The Morgan fingerprint density at radius 1 is 1.21 bits per heavy atom. The summed E-state index contributed by atoms with van der Waals surface area (Å²) < 4.78 is 7.57. The van der Waals surface area contributed by atoms with E-state index in [1.54, 1.807) is 22.8 Å². The van der Waals surface area contributed by atoms with Gasteiger partial charge in [-0.05, 0) is 17.2 Å². The molecule has 0 unspecified atom stereocenters. The zero-order chi connectivity index (χ0) is 19.3. The quantitative estimate of drug-likeness (QED) is 0.665. The lowest BCUT2D eigenvalue weighted by molar-refractivity contribution is 0.0724. The van der Waals surface area contributed by atoms with Gasteiger partial charge in [0.15, 0.2) is 5.69 Å². The van der Waals surface area contributed by atoms with Crippen molar-refractivity contribution in [3.8, 4) is 5.75 Å². The topological polar surface area (TPSA) is 60.2 Å². The molecule has 1 aliphatic heterocycles. The third-order valence-corrected chi connectivity index (χ3v) is 4.70. The first kappa shape index (κ1) is 18.0. The van der Waals surface area contributed by atoms with Crippen molar-refractivity contribution in [3.63, 3.8) is 0 Å². The second-order valence-corrected chi connectivity index (χ2v) is 6.88. The van der Waals surface area contributed by atoms with Gasteiger partial charge in [0.2, 0.25) is 0 Å². The van der Waals surface area contributed by atoms with Crippen LogP contribution in [0.2, 0.25) is 0 Å². The molecular weight excluding hydrogens is 352 g/mol. The number of carbonyl (C=O) groups is 1. The van der Waals surface area contributed by atoms with Gasteiger partial charge in [0.1, 0.15) is 11.9 Å². The molecule has 6 heteroatoms. The third-order valence-electron chi connectivity index (χ3n) is 4.70. The Kier molecular flexibility index (Phi) is 5.19. The van der Waals surface area contributed by atoms with Crippen LogP contribution in [0.3, 0.4) is 0 Å². The highest BCUT2D eigenvalue weighted by Gasteiger charge is 2.26. The molecule has 0 radical (unpaired) electrons. The smallest absolute Gasteiger partial charge is 0.275 e. The summed E-state index contributed by atoms with van der Waals surface area (Å²) in [6, 6.07) is 18.0. The molecular formula is C22H22N4O2. The molecule has 142 valence electrons. The molecule has 28 heavy (non-hydrogen) atoms. The number of aromatic nitrogens is 3. The van der Waals surface area contributed by atoms with Crippen LogP contribution in [0.4, 0.5) is 0 Å². The minimum atomic E-state index is -0.155. The number of carbonyl (C=O) groups excluding carboxylic acids is 1. The Bertz CT molecular complexity index is 956. The number of amides is 1. The Labute approximate surface area is 164 Å². The third kappa shape index (κ3) is 4.11. The monoisotopic (exact) mass is 374 g/mol. The molecule has 0 fully saturated rings. The zero-order valence-corrected chi connectivity index (χ0v) is 15.7. The molecule has 1 atom stereocenters. The molecule has 4 rings (SSSR count). The number of hydrogen-bond donors (Lipinski definition) is 0. The molecule has 3 aromatic rings. The Balaban J connectivity index is 1.32. The van der Waals surface area contributed by atoms with Gasteiger partial charge in [-0.25, -0.2) is 4.68 Å². The predicted octanol–water partition coefficient (Wildman–Crippen LogP) is 3.07. The molecule has 0 bridgehead atoms. The summed E-state index contributed by atoms with van der Waals surface area (Å²) in [7, 11) is 1.77. The van der Waals surface area contributed by atoms with Gasteiger partial charge >= 0.3 is 0 Å². The first-order valence-corrected chi connectivity index (χ1v) is 9.31. The highest BCUT2D eigenvalue weighted by atomic mass is 16.5. The van der Waals surface area contributed by atoms with Gasteiger partial charge in [0.05, 0.1) is 19.3 Å². The van der Waals surface area contributed by atoms with E-state index in [0.717, 1.165) is 17.7 Å². The van der Waals surface area contributed by atoms with Crippen molar-refractivity contribution < 1.29 is 9.53 Å². The van der Waals surface area contributed by atoms with Crippen molar-refractivity contribution in [2.24, 2.45) is 0 Å². The summed E-state index contributed by atoms with van der Waals surface area (Å²) in [5.41, 5.74) is 2.65. The Morgan fingerprint density at radius 3 is 2.82 bits per heavy atom. The molecule has 0 aliphatic carbocycles. The fourth-order valence-electron chi connectivity index (χ4n) is 3.29. The number of rotatable bonds is 6. The van der Waals surface area contributed by atoms with Gasteiger partial charge in [-0.2, -0.15) is 0 Å². The zero-order valence-electron chi connectivity index (χ0n) is 15.7. The van der Waals surface area contributed by atoms with E-state index >= 15 is 0 Å². The Morgan fingerprint density at radius 2 is 2.00 bits per heavy atom. The standard InChI is InChI=1S/C22H22N4O2/c1-25(15-19-14-18-11-5-6-12-21(18)28-19)22(27)20-16-26(24-23-20)13-7-10-17-8-3-2-4-9-17/h2-12,16,19H,13-15H2,1H3/b10-7+/t19-/m1/s1. The van der Waals surface area contributed by atoms with E-state index in [1.807, 2.05) is 60.7 Å². The molecule has 1 aliphatic rings. The average molecular weight is 374 g/mol. The Hall–Kier alpha value is -3.41. The van der Waals surface area contributed by atoms with Gasteiger partial charge in [-0.3, -0.25) is 4.79 Å². The lowest BCUT2D eigenvalue weighted by Gasteiger charge is -2.20. The van der Waals surface area contributed by atoms with E-state index in [-0.39, 0.29) is 12.0 Å². The van der Waals surface area contributed by atoms with Gasteiger partial charge < -0.3 is 9.64 Å². The maximum atomic E-state index is 12.7.